The van der Waals surface area contributed by atoms with Gasteiger partial charge in [-0.05, 0) is 18.1 Å². The van der Waals surface area contributed by atoms with Crippen molar-refractivity contribution in [3.8, 4) is 0 Å². The molecule has 0 radical (unpaired) electrons. The lowest BCUT2D eigenvalue weighted by Crippen LogP contribution is -1.95. The molecule has 1 atom stereocenters. The van der Waals surface area contributed by atoms with Gasteiger partial charge < -0.3 is 0 Å². The van der Waals surface area contributed by atoms with Crippen LogP contribution in [0, 0.1) is 5.92 Å². The zero-order valence-corrected chi connectivity index (χ0v) is 8.87. The van der Waals surface area contributed by atoms with Crippen LogP contribution < -0.4 is 0 Å². The first-order valence-corrected chi connectivity index (χ1v) is 5.55. The molecule has 0 nitrogen and oxygen atoms in total. The van der Waals surface area contributed by atoms with Gasteiger partial charge in [0.1, 0.15) is 0 Å². The minimum Gasteiger partial charge on any atom is -0.179 e. The lowest BCUT2D eigenvalue weighted by molar-refractivity contribution is 0.480. The van der Waals surface area contributed by atoms with E-state index in [4.69, 9.17) is 0 Å². The number of hydrogen-bond donors (Lipinski definition) is 1. The van der Waals surface area contributed by atoms with Gasteiger partial charge in [-0.3, -0.25) is 0 Å². The molecule has 0 bridgehead atoms. The Kier molecular flexibility index (Phi) is 8.72. The van der Waals surface area contributed by atoms with E-state index < -0.39 is 0 Å². The van der Waals surface area contributed by atoms with Crippen LogP contribution in [-0.4, -0.2) is 5.75 Å². The SMILES string of the molecule is CCCCCCC(C)CCS. The number of thiol groups is 1. The van der Waals surface area contributed by atoms with Crippen LogP contribution >= 0.6 is 12.6 Å². The van der Waals surface area contributed by atoms with Gasteiger partial charge in [0.05, 0.1) is 0 Å². The van der Waals surface area contributed by atoms with Crippen molar-refractivity contribution in [2.75, 3.05) is 5.75 Å². The lowest BCUT2D eigenvalue weighted by atomic mass is 10.0. The Hall–Kier alpha value is 0.350. The van der Waals surface area contributed by atoms with Gasteiger partial charge in [0.15, 0.2) is 0 Å². The van der Waals surface area contributed by atoms with Crippen molar-refractivity contribution in [3.05, 3.63) is 0 Å². The molecular formula is C10H22S. The van der Waals surface area contributed by atoms with Crippen LogP contribution in [0.15, 0.2) is 0 Å². The highest BCUT2D eigenvalue weighted by Crippen LogP contribution is 2.13. The lowest BCUT2D eigenvalue weighted by Gasteiger charge is -2.08. The van der Waals surface area contributed by atoms with Crippen molar-refractivity contribution in [2.24, 2.45) is 5.92 Å². The van der Waals surface area contributed by atoms with Crippen LogP contribution in [0.5, 0.6) is 0 Å². The molecule has 0 heterocycles. The van der Waals surface area contributed by atoms with Crippen molar-refractivity contribution in [3.63, 3.8) is 0 Å². The molecule has 0 aromatic heterocycles. The van der Waals surface area contributed by atoms with E-state index in [9.17, 15) is 0 Å². The Morgan fingerprint density at radius 3 is 2.36 bits per heavy atom. The Labute approximate surface area is 77.2 Å². The molecule has 0 saturated heterocycles. The molecule has 0 amide bonds. The largest absolute Gasteiger partial charge is 0.179 e. The maximum atomic E-state index is 4.22. The van der Waals surface area contributed by atoms with E-state index >= 15 is 0 Å². The second kappa shape index (κ2) is 8.45. The van der Waals surface area contributed by atoms with E-state index in [0.29, 0.717) is 0 Å². The molecular weight excluding hydrogens is 152 g/mol. The Balaban J connectivity index is 2.97. The summed E-state index contributed by atoms with van der Waals surface area (Å²) >= 11 is 4.22. The zero-order chi connectivity index (χ0) is 8.53. The van der Waals surface area contributed by atoms with Crippen LogP contribution in [0.2, 0.25) is 0 Å². The van der Waals surface area contributed by atoms with Crippen LogP contribution in [0.1, 0.15) is 52.4 Å². The fourth-order valence-electron chi connectivity index (χ4n) is 1.28. The second-order valence-electron chi connectivity index (χ2n) is 3.47. The molecule has 0 aromatic rings. The second-order valence-corrected chi connectivity index (χ2v) is 3.91. The maximum absolute atomic E-state index is 4.22. The predicted octanol–water partition coefficient (Wildman–Crippen LogP) is 3.91. The average molecular weight is 174 g/mol. The summed E-state index contributed by atoms with van der Waals surface area (Å²) in [6.07, 6.45) is 8.29. The third-order valence-corrected chi connectivity index (χ3v) is 2.43. The van der Waals surface area contributed by atoms with Gasteiger partial charge in [-0.25, -0.2) is 0 Å². The zero-order valence-electron chi connectivity index (χ0n) is 7.97. The molecule has 0 aliphatic carbocycles. The fourth-order valence-corrected chi connectivity index (χ4v) is 1.73. The number of hydrogen-bond acceptors (Lipinski definition) is 1. The molecule has 68 valence electrons. The quantitative estimate of drug-likeness (QED) is 0.439. The number of unbranched alkanes of at least 4 members (excludes halogenated alkanes) is 3. The van der Waals surface area contributed by atoms with Gasteiger partial charge in [-0.15, -0.1) is 0 Å². The first-order chi connectivity index (χ1) is 5.31. The summed E-state index contributed by atoms with van der Waals surface area (Å²) in [5.41, 5.74) is 0. The molecule has 0 aliphatic heterocycles. The summed E-state index contributed by atoms with van der Waals surface area (Å²) in [5.74, 6) is 1.94. The molecule has 0 rings (SSSR count). The van der Waals surface area contributed by atoms with E-state index in [1.54, 1.807) is 0 Å². The summed E-state index contributed by atoms with van der Waals surface area (Å²) < 4.78 is 0. The van der Waals surface area contributed by atoms with E-state index in [0.717, 1.165) is 11.7 Å². The van der Waals surface area contributed by atoms with Crippen LogP contribution in [0.4, 0.5) is 0 Å². The van der Waals surface area contributed by atoms with E-state index in [-0.39, 0.29) is 0 Å². The first-order valence-electron chi connectivity index (χ1n) is 4.92. The van der Waals surface area contributed by atoms with E-state index in [1.807, 2.05) is 0 Å². The van der Waals surface area contributed by atoms with Crippen molar-refractivity contribution in [1.82, 2.24) is 0 Å². The summed E-state index contributed by atoms with van der Waals surface area (Å²) in [6.45, 7) is 4.60. The Morgan fingerprint density at radius 2 is 1.82 bits per heavy atom. The highest BCUT2D eigenvalue weighted by molar-refractivity contribution is 7.80. The van der Waals surface area contributed by atoms with Crippen molar-refractivity contribution in [2.45, 2.75) is 52.4 Å². The first kappa shape index (κ1) is 11.4. The smallest absolute Gasteiger partial charge is 0.00954 e. The third kappa shape index (κ3) is 8.25. The fraction of sp³-hybridized carbons (Fsp3) is 1.00. The summed E-state index contributed by atoms with van der Waals surface area (Å²) in [4.78, 5) is 0. The standard InChI is InChI=1S/C10H22S/c1-3-4-5-6-7-10(2)8-9-11/h10-11H,3-9H2,1-2H3. The van der Waals surface area contributed by atoms with Crippen LogP contribution in [0.3, 0.4) is 0 Å². The van der Waals surface area contributed by atoms with Gasteiger partial charge in [0, 0.05) is 0 Å². The predicted molar refractivity (Wildman–Crippen MR) is 56.4 cm³/mol. The molecule has 11 heavy (non-hydrogen) atoms. The maximum Gasteiger partial charge on any atom is -0.00954 e. The molecule has 0 spiro atoms. The van der Waals surface area contributed by atoms with Crippen molar-refractivity contribution in [1.29, 1.82) is 0 Å². The van der Waals surface area contributed by atoms with Crippen molar-refractivity contribution >= 4 is 12.6 Å². The van der Waals surface area contributed by atoms with Crippen LogP contribution in [0.25, 0.3) is 0 Å². The highest BCUT2D eigenvalue weighted by Gasteiger charge is 1.99. The molecule has 1 heteroatoms. The summed E-state index contributed by atoms with van der Waals surface area (Å²) in [5, 5.41) is 0. The summed E-state index contributed by atoms with van der Waals surface area (Å²) in [6, 6.07) is 0. The molecule has 0 aromatic carbocycles. The summed E-state index contributed by atoms with van der Waals surface area (Å²) in [7, 11) is 0. The molecule has 0 saturated carbocycles. The molecule has 0 aliphatic rings. The van der Waals surface area contributed by atoms with Gasteiger partial charge in [-0.2, -0.15) is 12.6 Å². The van der Waals surface area contributed by atoms with Crippen LogP contribution in [-0.2, 0) is 0 Å². The average Bonchev–Trinajstić information content (AvgIpc) is 1.99. The van der Waals surface area contributed by atoms with Gasteiger partial charge in [0.25, 0.3) is 0 Å². The van der Waals surface area contributed by atoms with Gasteiger partial charge >= 0.3 is 0 Å². The topological polar surface area (TPSA) is 0 Å². The third-order valence-electron chi connectivity index (χ3n) is 2.17. The Bertz CT molecular complexity index is 71.3. The minimum atomic E-state index is 0.893. The monoisotopic (exact) mass is 174 g/mol. The number of rotatable bonds is 7. The Morgan fingerprint density at radius 1 is 1.09 bits per heavy atom. The molecule has 1 unspecified atom stereocenters. The minimum absolute atomic E-state index is 0.893. The van der Waals surface area contributed by atoms with E-state index in [1.165, 1.54) is 38.5 Å². The normalized spacial score (nSPS) is 13.4. The van der Waals surface area contributed by atoms with Gasteiger partial charge in [0.2, 0.25) is 0 Å². The molecule has 0 fully saturated rings. The van der Waals surface area contributed by atoms with Crippen molar-refractivity contribution < 1.29 is 0 Å². The van der Waals surface area contributed by atoms with Gasteiger partial charge in [-0.1, -0.05) is 46.0 Å². The molecule has 0 N–H and O–H groups in total. The highest BCUT2D eigenvalue weighted by atomic mass is 32.1. The van der Waals surface area contributed by atoms with E-state index in [2.05, 4.69) is 26.5 Å².